The molecule has 1 aliphatic heterocycles. The number of nitrogens with two attached hydrogens (primary N) is 1. The molecule has 0 saturated carbocycles. The van der Waals surface area contributed by atoms with Crippen LogP contribution in [0.2, 0.25) is 0 Å². The van der Waals surface area contributed by atoms with Crippen molar-refractivity contribution in [1.82, 2.24) is 10.9 Å². The Kier molecular flexibility index (Phi) is 2.17. The Hall–Kier alpha value is -1.11. The van der Waals surface area contributed by atoms with Crippen LogP contribution >= 0.6 is 22.6 Å². The van der Waals surface area contributed by atoms with Gasteiger partial charge in [0.1, 0.15) is 5.69 Å². The molecule has 0 fully saturated rings. The smallest absolute Gasteiger partial charge is 0.105 e. The molecule has 0 radical (unpaired) electrons. The normalized spacial score (nSPS) is 14.1. The van der Waals surface area contributed by atoms with Crippen LogP contribution in [0.25, 0.3) is 0 Å². The Morgan fingerprint density at radius 1 is 1.23 bits per heavy atom. The van der Waals surface area contributed by atoms with Gasteiger partial charge < -0.3 is 5.73 Å². The molecule has 68 valence electrons. The first-order chi connectivity index (χ1) is 6.27. The number of benzene rings is 1. The molecule has 2 rings (SSSR count). The van der Waals surface area contributed by atoms with E-state index in [1.165, 1.54) is 0 Å². The Labute approximate surface area is 89.9 Å². The highest BCUT2D eigenvalue weighted by molar-refractivity contribution is 14.1. The molecule has 4 N–H and O–H groups in total. The number of halogens is 1. The van der Waals surface area contributed by atoms with Gasteiger partial charge in [-0.3, -0.25) is 10.9 Å². The lowest BCUT2D eigenvalue weighted by Gasteiger charge is -2.20. The highest BCUT2D eigenvalue weighted by Crippen LogP contribution is 2.23. The summed E-state index contributed by atoms with van der Waals surface area (Å²) in [7, 11) is 0. The Balaban J connectivity index is 2.33. The van der Waals surface area contributed by atoms with E-state index in [9.17, 15) is 0 Å². The van der Waals surface area contributed by atoms with Crippen LogP contribution in [0.3, 0.4) is 0 Å². The van der Waals surface area contributed by atoms with Gasteiger partial charge in [-0.15, -0.1) is 0 Å². The summed E-state index contributed by atoms with van der Waals surface area (Å²) < 4.78 is 1.15. The van der Waals surface area contributed by atoms with Gasteiger partial charge in [-0.1, -0.05) is 0 Å². The average molecular weight is 288 g/mol. The van der Waals surface area contributed by atoms with Crippen LogP contribution in [0.5, 0.6) is 0 Å². The van der Waals surface area contributed by atoms with Crippen molar-refractivity contribution in [3.05, 3.63) is 34.2 Å². The first-order valence-electron chi connectivity index (χ1n) is 3.80. The third kappa shape index (κ3) is 1.64. The fraction of sp³-hybridized carbons (Fsp3) is 0. The lowest BCUT2D eigenvalue weighted by atomic mass is 10.3. The van der Waals surface area contributed by atoms with E-state index in [0.717, 1.165) is 14.9 Å². The summed E-state index contributed by atoms with van der Waals surface area (Å²) in [6, 6.07) is 5.87. The van der Waals surface area contributed by atoms with Gasteiger partial charge >= 0.3 is 0 Å². The number of anilines is 2. The van der Waals surface area contributed by atoms with Crippen molar-refractivity contribution in [3.8, 4) is 0 Å². The lowest BCUT2D eigenvalue weighted by Crippen LogP contribution is -2.38. The Bertz CT molecular complexity index is 342. The zero-order valence-electron chi connectivity index (χ0n) is 6.79. The SMILES string of the molecule is Nc1ccc(I)cc1N1NC=CN1. The maximum atomic E-state index is 5.82. The fourth-order valence-corrected chi connectivity index (χ4v) is 1.59. The topological polar surface area (TPSA) is 53.3 Å². The summed E-state index contributed by atoms with van der Waals surface area (Å²) in [5.74, 6) is 0. The van der Waals surface area contributed by atoms with Gasteiger partial charge in [-0.2, -0.15) is 5.12 Å². The first kappa shape index (κ1) is 8.49. The van der Waals surface area contributed by atoms with Crippen LogP contribution in [-0.2, 0) is 0 Å². The summed E-state index contributed by atoms with van der Waals surface area (Å²) >= 11 is 2.25. The van der Waals surface area contributed by atoms with Crippen molar-refractivity contribution in [2.75, 3.05) is 10.9 Å². The van der Waals surface area contributed by atoms with Crippen LogP contribution in [0.15, 0.2) is 30.6 Å². The van der Waals surface area contributed by atoms with Gasteiger partial charge in [0.15, 0.2) is 0 Å². The molecule has 1 aromatic carbocycles. The van der Waals surface area contributed by atoms with Crippen molar-refractivity contribution >= 4 is 34.0 Å². The summed E-state index contributed by atoms with van der Waals surface area (Å²) in [6.45, 7) is 0. The van der Waals surface area contributed by atoms with Gasteiger partial charge in [-0.05, 0) is 40.8 Å². The second-order valence-electron chi connectivity index (χ2n) is 2.63. The Morgan fingerprint density at radius 2 is 1.92 bits per heavy atom. The largest absolute Gasteiger partial charge is 0.397 e. The van der Waals surface area contributed by atoms with Gasteiger partial charge in [0.25, 0.3) is 0 Å². The van der Waals surface area contributed by atoms with E-state index in [2.05, 4.69) is 33.4 Å². The molecule has 0 spiro atoms. The minimum Gasteiger partial charge on any atom is -0.397 e. The predicted octanol–water partition coefficient (Wildman–Crippen LogP) is 1.17. The van der Waals surface area contributed by atoms with Gasteiger partial charge in [0.05, 0.1) is 5.69 Å². The van der Waals surface area contributed by atoms with Crippen molar-refractivity contribution in [1.29, 1.82) is 0 Å². The zero-order chi connectivity index (χ0) is 9.26. The predicted molar refractivity (Wildman–Crippen MR) is 61.5 cm³/mol. The Morgan fingerprint density at radius 3 is 2.62 bits per heavy atom. The molecule has 5 heteroatoms. The van der Waals surface area contributed by atoms with Crippen LogP contribution in [0, 0.1) is 3.57 Å². The van der Waals surface area contributed by atoms with Gasteiger partial charge in [0.2, 0.25) is 0 Å². The molecule has 1 aromatic rings. The van der Waals surface area contributed by atoms with Crippen LogP contribution in [0.1, 0.15) is 0 Å². The van der Waals surface area contributed by atoms with Crippen molar-refractivity contribution in [2.45, 2.75) is 0 Å². The minimum atomic E-state index is 0.740. The number of nitrogens with one attached hydrogen (secondary N) is 2. The van der Waals surface area contributed by atoms with E-state index in [4.69, 9.17) is 5.73 Å². The second-order valence-corrected chi connectivity index (χ2v) is 3.88. The highest BCUT2D eigenvalue weighted by atomic mass is 127. The number of hydrazine groups is 2. The summed E-state index contributed by atoms with van der Waals surface area (Å²) in [5.41, 5.74) is 13.5. The van der Waals surface area contributed by atoms with E-state index in [1.807, 2.05) is 18.2 Å². The third-order valence-electron chi connectivity index (χ3n) is 1.72. The molecule has 0 amide bonds. The number of hydrogen-bond acceptors (Lipinski definition) is 4. The lowest BCUT2D eigenvalue weighted by molar-refractivity contribution is 0.731. The van der Waals surface area contributed by atoms with Crippen molar-refractivity contribution < 1.29 is 0 Å². The molecular weight excluding hydrogens is 279 g/mol. The van der Waals surface area contributed by atoms with E-state index >= 15 is 0 Å². The molecule has 0 bridgehead atoms. The third-order valence-corrected chi connectivity index (χ3v) is 2.39. The molecule has 1 aliphatic rings. The molecule has 0 aliphatic carbocycles. The first-order valence-corrected chi connectivity index (χ1v) is 4.88. The van der Waals surface area contributed by atoms with Crippen LogP contribution in [-0.4, -0.2) is 0 Å². The maximum Gasteiger partial charge on any atom is 0.105 e. The number of nitrogen functional groups attached to an aromatic ring is 1. The summed E-state index contributed by atoms with van der Waals surface area (Å²) in [4.78, 5) is 0. The molecule has 0 atom stereocenters. The highest BCUT2D eigenvalue weighted by Gasteiger charge is 2.09. The molecule has 0 unspecified atom stereocenters. The molecule has 0 aromatic heterocycles. The monoisotopic (exact) mass is 288 g/mol. The number of hydrogen-bond donors (Lipinski definition) is 3. The van der Waals surface area contributed by atoms with Crippen LogP contribution < -0.4 is 21.7 Å². The quantitative estimate of drug-likeness (QED) is 0.536. The van der Waals surface area contributed by atoms with Gasteiger partial charge in [0, 0.05) is 16.0 Å². The van der Waals surface area contributed by atoms with E-state index in [-0.39, 0.29) is 0 Å². The van der Waals surface area contributed by atoms with Crippen molar-refractivity contribution in [3.63, 3.8) is 0 Å². The van der Waals surface area contributed by atoms with Crippen LogP contribution in [0.4, 0.5) is 11.4 Å². The second kappa shape index (κ2) is 3.33. The molecule has 1 heterocycles. The fourth-order valence-electron chi connectivity index (χ4n) is 1.11. The zero-order valence-corrected chi connectivity index (χ0v) is 8.95. The molecule has 0 saturated heterocycles. The maximum absolute atomic E-state index is 5.82. The number of rotatable bonds is 1. The number of nitrogens with zero attached hydrogens (tertiary/aromatic N) is 1. The standard InChI is InChI=1S/C8H9IN4/c9-6-1-2-7(10)8(5-6)13-11-3-4-12-13/h1-5,11-12H,10H2. The summed E-state index contributed by atoms with van der Waals surface area (Å²) in [6.07, 6.45) is 3.61. The van der Waals surface area contributed by atoms with Crippen molar-refractivity contribution in [2.24, 2.45) is 0 Å². The average Bonchev–Trinajstić information content (AvgIpc) is 2.61. The van der Waals surface area contributed by atoms with E-state index < -0.39 is 0 Å². The summed E-state index contributed by atoms with van der Waals surface area (Å²) in [5, 5.41) is 1.76. The van der Waals surface area contributed by atoms with Gasteiger partial charge in [-0.25, -0.2) is 0 Å². The molecular formula is C8H9IN4. The minimum absolute atomic E-state index is 0.740. The molecule has 4 nitrogen and oxygen atoms in total. The van der Waals surface area contributed by atoms with E-state index in [0.29, 0.717) is 0 Å². The van der Waals surface area contributed by atoms with E-state index in [1.54, 1.807) is 17.5 Å². The molecule has 13 heavy (non-hydrogen) atoms.